The molecule has 0 aromatic carbocycles. The minimum absolute atomic E-state index is 0.0198. The number of anilines is 1. The van der Waals surface area contributed by atoms with Crippen molar-refractivity contribution < 1.29 is 39.5 Å². The summed E-state index contributed by atoms with van der Waals surface area (Å²) in [4.78, 5) is 47.2. The Morgan fingerprint density at radius 2 is 1.67 bits per heavy atom. The van der Waals surface area contributed by atoms with Crippen LogP contribution in [0.4, 0.5) is 14.6 Å². The summed E-state index contributed by atoms with van der Waals surface area (Å²) in [5, 5.41) is 6.99. The summed E-state index contributed by atoms with van der Waals surface area (Å²) in [6, 6.07) is 5.36. The molecule has 2 atom stereocenters. The van der Waals surface area contributed by atoms with Crippen LogP contribution in [0.25, 0.3) is 0 Å². The van der Waals surface area contributed by atoms with Crippen molar-refractivity contribution in [2.24, 2.45) is 0 Å². The fraction of sp³-hybridized carbons (Fsp3) is 0.333. The average Bonchev–Trinajstić information content (AvgIpc) is 3.03. The molecule has 0 bridgehead atoms. The minimum atomic E-state index is -2.90. The molecule has 3 aromatic heterocycles. The number of morpholine rings is 2. The van der Waals surface area contributed by atoms with Crippen LogP contribution in [0.2, 0.25) is 5.02 Å². The number of hydrogen-bond acceptors (Lipinski definition) is 8. The molecular formula is C27H26BrClF2N6O5. The monoisotopic (exact) mass is 671 g/mol. The molecule has 2 saturated heterocycles. The van der Waals surface area contributed by atoms with Gasteiger partial charge in [-0.2, -0.15) is 0 Å². The van der Waals surface area contributed by atoms with Gasteiger partial charge in [0.25, 0.3) is 5.91 Å². The fourth-order valence-electron chi connectivity index (χ4n) is 4.12. The molecular weight excluding hydrogens is 642 g/mol. The molecule has 3 aromatic rings. The maximum Gasteiger partial charge on any atom is 0.275 e. The zero-order valence-electron chi connectivity index (χ0n) is 26.6. The van der Waals surface area contributed by atoms with Crippen LogP contribution in [0, 0.1) is 6.85 Å². The lowest BCUT2D eigenvalue weighted by atomic mass is 9.91. The van der Waals surface area contributed by atoms with E-state index in [0.717, 1.165) is 0 Å². The first-order valence-electron chi connectivity index (χ1n) is 14.6. The number of carbonyl (C=O) groups excluding carboxylic acids is 3. The molecule has 0 aliphatic carbocycles. The highest BCUT2D eigenvalue weighted by Gasteiger charge is 2.39. The Hall–Kier alpha value is -3.59. The van der Waals surface area contributed by atoms with E-state index >= 15 is 0 Å². The molecule has 0 saturated carbocycles. The van der Waals surface area contributed by atoms with Crippen LogP contribution in [-0.4, -0.2) is 72.5 Å². The van der Waals surface area contributed by atoms with E-state index in [2.05, 4.69) is 46.8 Å². The van der Waals surface area contributed by atoms with Gasteiger partial charge in [-0.25, -0.2) is 23.7 Å². The number of ether oxygens (including phenoxy) is 2. The summed E-state index contributed by atoms with van der Waals surface area (Å²) in [6.45, 7) is -4.83. The first kappa shape index (κ1) is 25.0. The second kappa shape index (κ2) is 13.6. The number of amides is 3. The number of pyridine rings is 3. The van der Waals surface area contributed by atoms with Gasteiger partial charge in [0.05, 0.1) is 21.0 Å². The summed E-state index contributed by atoms with van der Waals surface area (Å²) in [5.74, 6) is -1.96. The summed E-state index contributed by atoms with van der Waals surface area (Å²) in [7, 11) is 0. The molecule has 11 nitrogen and oxygen atoms in total. The second-order valence-corrected chi connectivity index (χ2v) is 10.3. The molecule has 3 N–H and O–H groups in total. The lowest BCUT2D eigenvalue weighted by Crippen LogP contribution is -2.56. The number of aromatic nitrogens is 3. The topological polar surface area (TPSA) is 144 Å². The van der Waals surface area contributed by atoms with Crippen LogP contribution < -0.4 is 16.0 Å². The molecule has 15 heteroatoms. The largest absolute Gasteiger partial charge is 0.369 e. The van der Waals surface area contributed by atoms with Crippen molar-refractivity contribution in [3.05, 3.63) is 80.9 Å². The van der Waals surface area contributed by atoms with Gasteiger partial charge < -0.3 is 25.4 Å². The van der Waals surface area contributed by atoms with Gasteiger partial charge in [-0.15, -0.1) is 0 Å². The maximum atomic E-state index is 13.8. The van der Waals surface area contributed by atoms with Gasteiger partial charge in [-0.3, -0.25) is 14.4 Å². The predicted molar refractivity (Wildman–Crippen MR) is 151 cm³/mol. The standard InChI is InChI=1S/C17H16ClFN4O3.C10H10BrFN2O2/c1-10-4-12(18)6-21-15(10)16(25)22-13-5-11(2-3-20-13)17(8-19)9-26-7-14(24)23-17;11-8-3-7(1-2-13-8)10(5-12)6-16-4-9(15)14-10/h2-6H,7-9H2,1H3,(H,23,24)(H,20,22,25);1-3H,4-6H2,(H,14,15)/i1D3,4D,6D;. The van der Waals surface area contributed by atoms with Gasteiger partial charge >= 0.3 is 0 Å². The summed E-state index contributed by atoms with van der Waals surface area (Å²) >= 11 is 8.97. The van der Waals surface area contributed by atoms with Gasteiger partial charge in [0.15, 0.2) is 0 Å². The Morgan fingerprint density at radius 1 is 1.07 bits per heavy atom. The van der Waals surface area contributed by atoms with Crippen molar-refractivity contribution in [3.63, 3.8) is 0 Å². The number of carbonyl (C=O) groups is 3. The van der Waals surface area contributed by atoms with E-state index in [4.69, 9.17) is 27.9 Å². The Kier molecular flexibility index (Phi) is 8.08. The van der Waals surface area contributed by atoms with Crippen LogP contribution in [0.3, 0.4) is 0 Å². The average molecular weight is 673 g/mol. The highest BCUT2D eigenvalue weighted by Crippen LogP contribution is 2.27. The number of nitrogens with one attached hydrogen (secondary N) is 3. The normalized spacial score (nSPS) is 23.9. The molecule has 2 aliphatic rings. The molecule has 2 unspecified atom stereocenters. The van der Waals surface area contributed by atoms with Gasteiger partial charge in [0.1, 0.15) is 53.8 Å². The van der Waals surface area contributed by atoms with Crippen molar-refractivity contribution in [3.8, 4) is 0 Å². The number of nitrogens with zero attached hydrogens (tertiary/aromatic N) is 3. The smallest absolute Gasteiger partial charge is 0.275 e. The van der Waals surface area contributed by atoms with Gasteiger partial charge in [0, 0.05) is 22.7 Å². The molecule has 5 rings (SSSR count). The van der Waals surface area contributed by atoms with Crippen LogP contribution in [0.1, 0.15) is 34.0 Å². The van der Waals surface area contributed by atoms with E-state index in [9.17, 15) is 23.2 Å². The molecule has 222 valence electrons. The molecule has 0 radical (unpaired) electrons. The van der Waals surface area contributed by atoms with Crippen molar-refractivity contribution in [1.82, 2.24) is 25.6 Å². The van der Waals surface area contributed by atoms with Crippen molar-refractivity contribution in [1.29, 1.82) is 0 Å². The third-order valence-corrected chi connectivity index (χ3v) is 6.78. The summed E-state index contributed by atoms with van der Waals surface area (Å²) in [6.07, 6.45) is 2.18. The number of halogens is 4. The van der Waals surface area contributed by atoms with Crippen LogP contribution >= 0.6 is 27.5 Å². The van der Waals surface area contributed by atoms with E-state index in [-0.39, 0.29) is 43.7 Å². The van der Waals surface area contributed by atoms with Crippen LogP contribution in [0.5, 0.6) is 0 Å². The van der Waals surface area contributed by atoms with E-state index in [1.165, 1.54) is 18.3 Å². The Bertz CT molecular complexity index is 1700. The predicted octanol–water partition coefficient (Wildman–Crippen LogP) is 3.16. The van der Waals surface area contributed by atoms with E-state index in [0.29, 0.717) is 10.2 Å². The number of rotatable bonds is 6. The number of alkyl halides is 2. The van der Waals surface area contributed by atoms with Crippen molar-refractivity contribution in [2.45, 2.75) is 17.9 Å². The Morgan fingerprint density at radius 3 is 2.21 bits per heavy atom. The first-order valence-corrected chi connectivity index (χ1v) is 13.3. The zero-order chi connectivity index (χ0) is 34.6. The van der Waals surface area contributed by atoms with Crippen molar-refractivity contribution in [2.75, 3.05) is 45.1 Å². The lowest BCUT2D eigenvalue weighted by Gasteiger charge is -2.35. The SMILES string of the molecule is O=C1COCC(CF)(c2ccnc(Br)c2)N1.[2H]c1nc(C(=O)Nc2cc(C3(CF)COCC(=O)N3)ccn2)c(C([2H])([2H])[2H])c([2H])c1Cl. The highest BCUT2D eigenvalue weighted by molar-refractivity contribution is 9.10. The minimum Gasteiger partial charge on any atom is -0.369 e. The van der Waals surface area contributed by atoms with Crippen molar-refractivity contribution >= 4 is 51.1 Å². The molecule has 42 heavy (non-hydrogen) atoms. The molecule has 0 spiro atoms. The quantitative estimate of drug-likeness (QED) is 0.339. The van der Waals surface area contributed by atoms with E-state index in [1.54, 1.807) is 18.3 Å². The Balaban J connectivity index is 0.000000261. The number of hydrogen-bond donors (Lipinski definition) is 3. The third kappa shape index (κ3) is 7.24. The van der Waals surface area contributed by atoms with Gasteiger partial charge in [-0.05, 0) is 69.8 Å². The zero-order valence-corrected chi connectivity index (χ0v) is 23.9. The fourth-order valence-corrected chi connectivity index (χ4v) is 4.62. The summed E-state index contributed by atoms with van der Waals surface area (Å²) < 4.78 is 76.2. The molecule has 3 amide bonds. The second-order valence-electron chi connectivity index (χ2n) is 9.15. The molecule has 2 aliphatic heterocycles. The third-order valence-electron chi connectivity index (χ3n) is 6.16. The molecule has 2 fully saturated rings. The van der Waals surface area contributed by atoms with Gasteiger partial charge in [-0.1, -0.05) is 11.6 Å². The lowest BCUT2D eigenvalue weighted by molar-refractivity contribution is -0.137. The highest BCUT2D eigenvalue weighted by atomic mass is 79.9. The maximum absolute atomic E-state index is 13.8. The van der Waals surface area contributed by atoms with E-state index < -0.39 is 71.6 Å². The van der Waals surface area contributed by atoms with Gasteiger partial charge in [0.2, 0.25) is 11.8 Å². The first-order chi connectivity index (χ1) is 22.1. The molecule has 5 heterocycles. The van der Waals surface area contributed by atoms with Crippen LogP contribution in [0.15, 0.2) is 53.5 Å². The Labute approximate surface area is 259 Å². The van der Waals surface area contributed by atoms with E-state index in [1.807, 2.05) is 0 Å². The van der Waals surface area contributed by atoms with Crippen LogP contribution in [-0.2, 0) is 30.1 Å². The summed E-state index contributed by atoms with van der Waals surface area (Å²) in [5.41, 5.74) is -3.04.